The third-order valence-electron chi connectivity index (χ3n) is 3.84. The minimum Gasteiger partial charge on any atom is -0.0843 e. The largest absolute Gasteiger partial charge is 0.0843 e. The van der Waals surface area contributed by atoms with E-state index in [0.29, 0.717) is 10.2 Å². The van der Waals surface area contributed by atoms with Crippen molar-refractivity contribution in [3.63, 3.8) is 0 Å². The van der Waals surface area contributed by atoms with E-state index in [1.54, 1.807) is 0 Å². The number of alkyl halides is 1. The van der Waals surface area contributed by atoms with Crippen molar-refractivity contribution in [1.29, 1.82) is 0 Å². The predicted molar refractivity (Wildman–Crippen MR) is 79.3 cm³/mol. The van der Waals surface area contributed by atoms with Gasteiger partial charge in [0, 0.05) is 14.9 Å². The van der Waals surface area contributed by atoms with Gasteiger partial charge < -0.3 is 0 Å². The highest BCUT2D eigenvalue weighted by atomic mass is 79.9. The Morgan fingerprint density at radius 1 is 1.18 bits per heavy atom. The van der Waals surface area contributed by atoms with Gasteiger partial charge in [0.2, 0.25) is 0 Å². The number of halogens is 3. The highest BCUT2D eigenvalue weighted by molar-refractivity contribution is 9.09. The van der Waals surface area contributed by atoms with Crippen LogP contribution in [0.2, 0.25) is 10.0 Å². The molecule has 0 nitrogen and oxygen atoms in total. The molecule has 0 bridgehead atoms. The molecule has 1 aliphatic rings. The van der Waals surface area contributed by atoms with Crippen molar-refractivity contribution in [2.24, 2.45) is 5.41 Å². The van der Waals surface area contributed by atoms with E-state index in [2.05, 4.69) is 22.9 Å². The zero-order valence-electron chi connectivity index (χ0n) is 9.98. The average Bonchev–Trinajstić information content (AvgIpc) is 2.32. The van der Waals surface area contributed by atoms with Gasteiger partial charge in [-0.05, 0) is 42.0 Å². The fraction of sp³-hybridized carbons (Fsp3) is 0.571. The van der Waals surface area contributed by atoms with Crippen LogP contribution in [-0.2, 0) is 0 Å². The minimum absolute atomic E-state index is 0.293. The molecule has 0 saturated heterocycles. The smallest absolute Gasteiger partial charge is 0.0464 e. The maximum absolute atomic E-state index is 6.28. The lowest BCUT2D eigenvalue weighted by atomic mass is 9.72. The SMILES string of the molecule is CC1(C(Br)c2cc(Cl)ccc2Cl)CCCCC1. The molecule has 17 heavy (non-hydrogen) atoms. The second-order valence-electron chi connectivity index (χ2n) is 5.24. The topological polar surface area (TPSA) is 0 Å². The van der Waals surface area contributed by atoms with Gasteiger partial charge in [0.15, 0.2) is 0 Å². The Bertz CT molecular complexity index is 397. The molecule has 1 unspecified atom stereocenters. The molecule has 0 N–H and O–H groups in total. The molecule has 94 valence electrons. The maximum Gasteiger partial charge on any atom is 0.0464 e. The van der Waals surface area contributed by atoms with E-state index in [0.717, 1.165) is 15.6 Å². The van der Waals surface area contributed by atoms with E-state index in [9.17, 15) is 0 Å². The molecule has 0 aromatic heterocycles. The quantitative estimate of drug-likeness (QED) is 0.548. The molecule has 0 amide bonds. The second-order valence-corrected chi connectivity index (χ2v) is 7.00. The molecular weight excluding hydrogens is 319 g/mol. The number of hydrogen-bond acceptors (Lipinski definition) is 0. The molecule has 0 heterocycles. The van der Waals surface area contributed by atoms with Crippen molar-refractivity contribution < 1.29 is 0 Å². The monoisotopic (exact) mass is 334 g/mol. The van der Waals surface area contributed by atoms with Crippen molar-refractivity contribution in [2.45, 2.75) is 43.9 Å². The molecule has 1 fully saturated rings. The van der Waals surface area contributed by atoms with E-state index < -0.39 is 0 Å². The molecular formula is C14H17BrCl2. The van der Waals surface area contributed by atoms with Gasteiger partial charge in [0.25, 0.3) is 0 Å². The first-order chi connectivity index (χ1) is 8.03. The van der Waals surface area contributed by atoms with E-state index in [1.165, 1.54) is 32.1 Å². The van der Waals surface area contributed by atoms with E-state index in [4.69, 9.17) is 23.2 Å². The summed E-state index contributed by atoms with van der Waals surface area (Å²) in [6.45, 7) is 2.35. The van der Waals surface area contributed by atoms with Crippen LogP contribution in [0.3, 0.4) is 0 Å². The Hall–Kier alpha value is 0.280. The molecule has 2 rings (SSSR count). The molecule has 1 saturated carbocycles. The summed E-state index contributed by atoms with van der Waals surface area (Å²) in [5.41, 5.74) is 1.43. The zero-order valence-corrected chi connectivity index (χ0v) is 13.1. The number of benzene rings is 1. The molecule has 1 aliphatic carbocycles. The summed E-state index contributed by atoms with van der Waals surface area (Å²) in [6, 6.07) is 5.72. The van der Waals surface area contributed by atoms with Crippen molar-refractivity contribution in [3.8, 4) is 0 Å². The summed E-state index contributed by atoms with van der Waals surface area (Å²) in [6.07, 6.45) is 6.50. The first kappa shape index (κ1) is 13.7. The summed E-state index contributed by atoms with van der Waals surface area (Å²) in [5, 5.41) is 1.57. The maximum atomic E-state index is 6.28. The summed E-state index contributed by atoms with van der Waals surface area (Å²) in [4.78, 5) is 0.293. The van der Waals surface area contributed by atoms with Crippen LogP contribution in [-0.4, -0.2) is 0 Å². The van der Waals surface area contributed by atoms with Gasteiger partial charge in [-0.25, -0.2) is 0 Å². The molecule has 1 aromatic carbocycles. The Balaban J connectivity index is 2.29. The lowest BCUT2D eigenvalue weighted by molar-refractivity contribution is 0.213. The van der Waals surface area contributed by atoms with Crippen molar-refractivity contribution in [2.75, 3.05) is 0 Å². The van der Waals surface area contributed by atoms with Gasteiger partial charge in [-0.1, -0.05) is 65.3 Å². The normalized spacial score (nSPS) is 21.2. The summed E-state index contributed by atoms with van der Waals surface area (Å²) in [7, 11) is 0. The van der Waals surface area contributed by atoms with Crippen LogP contribution in [0.4, 0.5) is 0 Å². The Kier molecular flexibility index (Phi) is 4.44. The van der Waals surface area contributed by atoms with E-state index >= 15 is 0 Å². The number of rotatable bonds is 2. The second kappa shape index (κ2) is 5.50. The van der Waals surface area contributed by atoms with Crippen LogP contribution in [0.1, 0.15) is 49.4 Å². The van der Waals surface area contributed by atoms with Gasteiger partial charge in [-0.15, -0.1) is 0 Å². The minimum atomic E-state index is 0.293. The zero-order chi connectivity index (χ0) is 12.5. The van der Waals surface area contributed by atoms with Gasteiger partial charge in [-0.2, -0.15) is 0 Å². The first-order valence-corrected chi connectivity index (χ1v) is 7.79. The fourth-order valence-electron chi connectivity index (χ4n) is 2.70. The molecule has 0 aliphatic heterocycles. The Labute approximate surface area is 122 Å². The van der Waals surface area contributed by atoms with E-state index in [-0.39, 0.29) is 0 Å². The molecule has 1 atom stereocenters. The fourth-order valence-corrected chi connectivity index (χ4v) is 4.07. The highest BCUT2D eigenvalue weighted by Crippen LogP contribution is 2.51. The molecule has 0 radical (unpaired) electrons. The summed E-state index contributed by atoms with van der Waals surface area (Å²) in [5.74, 6) is 0. The lowest BCUT2D eigenvalue weighted by Crippen LogP contribution is -2.25. The standard InChI is InChI=1S/C14H17BrCl2/c1-14(7-3-2-4-8-14)13(15)11-9-10(16)5-6-12(11)17/h5-6,9,13H,2-4,7-8H2,1H3. The van der Waals surface area contributed by atoms with Crippen molar-refractivity contribution in [3.05, 3.63) is 33.8 Å². The van der Waals surface area contributed by atoms with Crippen LogP contribution in [0.15, 0.2) is 18.2 Å². The predicted octanol–water partition coefficient (Wildman–Crippen LogP) is 6.40. The third kappa shape index (κ3) is 3.00. The molecule has 1 aromatic rings. The number of hydrogen-bond donors (Lipinski definition) is 0. The van der Waals surface area contributed by atoms with Gasteiger partial charge in [0.1, 0.15) is 0 Å². The van der Waals surface area contributed by atoms with Crippen LogP contribution in [0.5, 0.6) is 0 Å². The van der Waals surface area contributed by atoms with E-state index in [1.807, 2.05) is 18.2 Å². The molecule has 3 heteroatoms. The highest BCUT2D eigenvalue weighted by Gasteiger charge is 2.35. The van der Waals surface area contributed by atoms with Crippen molar-refractivity contribution in [1.82, 2.24) is 0 Å². The van der Waals surface area contributed by atoms with Gasteiger partial charge in [0.05, 0.1) is 0 Å². The third-order valence-corrected chi connectivity index (χ3v) is 6.02. The van der Waals surface area contributed by atoms with Crippen LogP contribution < -0.4 is 0 Å². The molecule has 0 spiro atoms. The summed E-state index contributed by atoms with van der Waals surface area (Å²) >= 11 is 16.2. The Morgan fingerprint density at radius 2 is 1.82 bits per heavy atom. The van der Waals surface area contributed by atoms with Crippen LogP contribution >= 0.6 is 39.1 Å². The van der Waals surface area contributed by atoms with Crippen molar-refractivity contribution >= 4 is 39.1 Å². The summed E-state index contributed by atoms with van der Waals surface area (Å²) < 4.78 is 0. The van der Waals surface area contributed by atoms with Gasteiger partial charge >= 0.3 is 0 Å². The lowest BCUT2D eigenvalue weighted by Gasteiger charge is -2.38. The average molecular weight is 336 g/mol. The van der Waals surface area contributed by atoms with Crippen LogP contribution in [0.25, 0.3) is 0 Å². The van der Waals surface area contributed by atoms with Crippen LogP contribution in [0, 0.1) is 5.41 Å². The van der Waals surface area contributed by atoms with Gasteiger partial charge in [-0.3, -0.25) is 0 Å². The first-order valence-electron chi connectivity index (χ1n) is 6.12. The Morgan fingerprint density at radius 3 is 2.47 bits per heavy atom.